The van der Waals surface area contributed by atoms with E-state index in [0.29, 0.717) is 22.7 Å². The normalized spacial score (nSPS) is 10.4. The van der Waals surface area contributed by atoms with Crippen molar-refractivity contribution in [2.75, 3.05) is 5.32 Å². The second-order valence-corrected chi connectivity index (χ2v) is 5.30. The molecule has 0 saturated heterocycles. The lowest BCUT2D eigenvalue weighted by atomic mass is 10.2. The van der Waals surface area contributed by atoms with Gasteiger partial charge >= 0.3 is 6.61 Å². The minimum atomic E-state index is -2.88. The molecule has 6 heteroatoms. The van der Waals surface area contributed by atoms with Gasteiger partial charge in [-0.05, 0) is 60.7 Å². The lowest BCUT2D eigenvalue weighted by molar-refractivity contribution is -0.0498. The van der Waals surface area contributed by atoms with Crippen molar-refractivity contribution in [1.29, 1.82) is 0 Å². The Morgan fingerprint density at radius 1 is 0.769 bits per heavy atom. The minimum Gasteiger partial charge on any atom is -0.457 e. The zero-order chi connectivity index (χ0) is 18.4. The van der Waals surface area contributed by atoms with Crippen molar-refractivity contribution in [2.24, 2.45) is 0 Å². The fourth-order valence-corrected chi connectivity index (χ4v) is 2.22. The van der Waals surface area contributed by atoms with E-state index in [1.807, 2.05) is 30.3 Å². The van der Waals surface area contributed by atoms with Crippen LogP contribution in [0.3, 0.4) is 0 Å². The number of halogens is 2. The summed E-state index contributed by atoms with van der Waals surface area (Å²) in [6.07, 6.45) is 0. The third-order valence-electron chi connectivity index (χ3n) is 3.43. The zero-order valence-corrected chi connectivity index (χ0v) is 13.6. The maximum absolute atomic E-state index is 12.2. The molecule has 0 aromatic heterocycles. The Labute approximate surface area is 149 Å². The van der Waals surface area contributed by atoms with Gasteiger partial charge in [0.1, 0.15) is 17.2 Å². The summed E-state index contributed by atoms with van der Waals surface area (Å²) >= 11 is 0. The maximum atomic E-state index is 12.2. The van der Waals surface area contributed by atoms with Crippen molar-refractivity contribution >= 4 is 11.6 Å². The number of rotatable bonds is 6. The molecule has 4 nitrogen and oxygen atoms in total. The molecule has 0 spiro atoms. The van der Waals surface area contributed by atoms with Crippen LogP contribution in [0.4, 0.5) is 14.5 Å². The first kappa shape index (κ1) is 17.4. The number of nitrogens with one attached hydrogen (secondary N) is 1. The van der Waals surface area contributed by atoms with Gasteiger partial charge in [-0.15, -0.1) is 0 Å². The van der Waals surface area contributed by atoms with Crippen LogP contribution in [0.25, 0.3) is 0 Å². The van der Waals surface area contributed by atoms with Crippen LogP contribution in [0, 0.1) is 0 Å². The molecule has 0 aliphatic heterocycles. The number of hydrogen-bond acceptors (Lipinski definition) is 3. The summed E-state index contributed by atoms with van der Waals surface area (Å²) in [7, 11) is 0. The van der Waals surface area contributed by atoms with Gasteiger partial charge in [0.05, 0.1) is 0 Å². The van der Waals surface area contributed by atoms with Crippen molar-refractivity contribution in [1.82, 2.24) is 0 Å². The van der Waals surface area contributed by atoms with Crippen molar-refractivity contribution < 1.29 is 23.0 Å². The van der Waals surface area contributed by atoms with E-state index in [9.17, 15) is 13.6 Å². The molecule has 0 atom stereocenters. The van der Waals surface area contributed by atoms with Gasteiger partial charge in [0.15, 0.2) is 0 Å². The number of carbonyl (C=O) groups is 1. The Balaban J connectivity index is 1.61. The van der Waals surface area contributed by atoms with Gasteiger partial charge in [-0.2, -0.15) is 8.78 Å². The first-order valence-corrected chi connectivity index (χ1v) is 7.79. The Kier molecular flexibility index (Phi) is 5.43. The van der Waals surface area contributed by atoms with Crippen molar-refractivity contribution in [2.45, 2.75) is 6.61 Å². The minimum absolute atomic E-state index is 0.0282. The van der Waals surface area contributed by atoms with E-state index in [0.717, 1.165) is 0 Å². The lowest BCUT2D eigenvalue weighted by Crippen LogP contribution is -2.11. The van der Waals surface area contributed by atoms with Crippen LogP contribution < -0.4 is 14.8 Å². The van der Waals surface area contributed by atoms with Gasteiger partial charge in [0, 0.05) is 11.3 Å². The Bertz CT molecular complexity index is 850. The van der Waals surface area contributed by atoms with E-state index in [4.69, 9.17) is 4.74 Å². The monoisotopic (exact) mass is 355 g/mol. The first-order valence-electron chi connectivity index (χ1n) is 7.79. The third-order valence-corrected chi connectivity index (χ3v) is 3.43. The smallest absolute Gasteiger partial charge is 0.387 e. The Hall–Kier alpha value is -3.41. The molecule has 0 heterocycles. The van der Waals surface area contributed by atoms with Gasteiger partial charge in [-0.1, -0.05) is 18.2 Å². The molecule has 0 bridgehead atoms. The van der Waals surface area contributed by atoms with Crippen molar-refractivity contribution in [3.63, 3.8) is 0 Å². The SMILES string of the molecule is O=C(Nc1ccc(OC(F)F)cc1)c1ccc(Oc2ccccc2)cc1. The van der Waals surface area contributed by atoms with Crippen LogP contribution in [0.5, 0.6) is 17.2 Å². The third kappa shape index (κ3) is 4.80. The van der Waals surface area contributed by atoms with Crippen molar-refractivity contribution in [3.8, 4) is 17.2 Å². The molecular formula is C20H15F2NO3. The molecule has 3 aromatic rings. The van der Waals surface area contributed by atoms with Gasteiger partial charge in [0.2, 0.25) is 0 Å². The summed E-state index contributed by atoms with van der Waals surface area (Å²) < 4.78 is 34.2. The molecule has 1 N–H and O–H groups in total. The largest absolute Gasteiger partial charge is 0.457 e. The molecule has 0 saturated carbocycles. The topological polar surface area (TPSA) is 47.6 Å². The van der Waals surface area contributed by atoms with Gasteiger partial charge in [-0.25, -0.2) is 0 Å². The van der Waals surface area contributed by atoms with Gasteiger partial charge < -0.3 is 14.8 Å². The molecule has 26 heavy (non-hydrogen) atoms. The van der Waals surface area contributed by atoms with Gasteiger partial charge in [-0.3, -0.25) is 4.79 Å². The summed E-state index contributed by atoms with van der Waals surface area (Å²) in [4.78, 5) is 12.2. The molecule has 3 aromatic carbocycles. The molecule has 0 aliphatic rings. The lowest BCUT2D eigenvalue weighted by Gasteiger charge is -2.09. The highest BCUT2D eigenvalue weighted by Gasteiger charge is 2.08. The van der Waals surface area contributed by atoms with Gasteiger partial charge in [0.25, 0.3) is 5.91 Å². The Morgan fingerprint density at radius 2 is 1.35 bits per heavy atom. The highest BCUT2D eigenvalue weighted by Crippen LogP contribution is 2.22. The van der Waals surface area contributed by atoms with E-state index >= 15 is 0 Å². The predicted octanol–water partition coefficient (Wildman–Crippen LogP) is 5.33. The van der Waals surface area contributed by atoms with Crippen LogP contribution in [-0.2, 0) is 0 Å². The molecule has 132 valence electrons. The van der Waals surface area contributed by atoms with Crippen LogP contribution in [0.1, 0.15) is 10.4 Å². The summed E-state index contributed by atoms with van der Waals surface area (Å²) in [6, 6.07) is 21.7. The van der Waals surface area contributed by atoms with Crippen LogP contribution in [0.15, 0.2) is 78.9 Å². The standard InChI is InChI=1S/C20H15F2NO3/c21-20(22)26-18-12-8-15(9-13-18)23-19(24)14-6-10-17(11-7-14)25-16-4-2-1-3-5-16/h1-13,20H,(H,23,24). The highest BCUT2D eigenvalue weighted by molar-refractivity contribution is 6.04. The predicted molar refractivity (Wildman–Crippen MR) is 94.0 cm³/mol. The zero-order valence-electron chi connectivity index (χ0n) is 13.6. The molecule has 0 radical (unpaired) electrons. The molecular weight excluding hydrogens is 340 g/mol. The molecule has 0 unspecified atom stereocenters. The van der Waals surface area contributed by atoms with Crippen LogP contribution in [-0.4, -0.2) is 12.5 Å². The molecule has 0 aliphatic carbocycles. The molecule has 3 rings (SSSR count). The number of anilines is 1. The number of alkyl halides is 2. The summed E-state index contributed by atoms with van der Waals surface area (Å²) in [5, 5.41) is 2.69. The fourth-order valence-electron chi connectivity index (χ4n) is 2.22. The summed E-state index contributed by atoms with van der Waals surface area (Å²) in [6.45, 7) is -2.88. The number of benzene rings is 3. The quantitative estimate of drug-likeness (QED) is 0.650. The summed E-state index contributed by atoms with van der Waals surface area (Å²) in [5.74, 6) is 1.02. The number of amides is 1. The first-order chi connectivity index (χ1) is 12.6. The fraction of sp³-hybridized carbons (Fsp3) is 0.0500. The van der Waals surface area contributed by atoms with E-state index in [-0.39, 0.29) is 11.7 Å². The van der Waals surface area contributed by atoms with E-state index < -0.39 is 6.61 Å². The second-order valence-electron chi connectivity index (χ2n) is 5.30. The average molecular weight is 355 g/mol. The molecule has 0 fully saturated rings. The van der Waals surface area contributed by atoms with E-state index in [1.165, 1.54) is 24.3 Å². The highest BCUT2D eigenvalue weighted by atomic mass is 19.3. The number of carbonyl (C=O) groups excluding carboxylic acids is 1. The van der Waals surface area contributed by atoms with E-state index in [2.05, 4.69) is 10.1 Å². The maximum Gasteiger partial charge on any atom is 0.387 e. The second kappa shape index (κ2) is 8.11. The van der Waals surface area contributed by atoms with Crippen molar-refractivity contribution in [3.05, 3.63) is 84.4 Å². The summed E-state index contributed by atoms with van der Waals surface area (Å²) in [5.41, 5.74) is 0.916. The number of para-hydroxylation sites is 1. The number of hydrogen-bond donors (Lipinski definition) is 1. The average Bonchev–Trinajstić information content (AvgIpc) is 2.64. The molecule has 1 amide bonds. The Morgan fingerprint density at radius 3 is 1.96 bits per heavy atom. The van der Waals surface area contributed by atoms with Crippen LogP contribution >= 0.6 is 0 Å². The van der Waals surface area contributed by atoms with Crippen LogP contribution in [0.2, 0.25) is 0 Å². The number of ether oxygens (including phenoxy) is 2. The van der Waals surface area contributed by atoms with E-state index in [1.54, 1.807) is 24.3 Å².